The summed E-state index contributed by atoms with van der Waals surface area (Å²) in [7, 11) is 2.28. The Labute approximate surface area is 151 Å². The lowest BCUT2D eigenvalue weighted by Crippen LogP contribution is -3.27. The summed E-state index contributed by atoms with van der Waals surface area (Å²) in [6.07, 6.45) is 1.08. The maximum atomic E-state index is 5.99. The van der Waals surface area contributed by atoms with Gasteiger partial charge in [0.05, 0.1) is 20.2 Å². The van der Waals surface area contributed by atoms with Gasteiger partial charge < -0.3 is 19.3 Å². The summed E-state index contributed by atoms with van der Waals surface area (Å²) in [5, 5.41) is 0. The van der Waals surface area contributed by atoms with Gasteiger partial charge in [0, 0.05) is 6.42 Å². The van der Waals surface area contributed by atoms with Crippen LogP contribution in [0.2, 0.25) is 0 Å². The van der Waals surface area contributed by atoms with Gasteiger partial charge in [-0.15, -0.1) is 0 Å². The van der Waals surface area contributed by atoms with E-state index in [9.17, 15) is 0 Å². The molecule has 25 heavy (non-hydrogen) atoms. The first-order valence-corrected chi connectivity index (χ1v) is 9.34. The van der Waals surface area contributed by atoms with Crippen LogP contribution in [-0.2, 0) is 6.61 Å². The third kappa shape index (κ3) is 5.76. The van der Waals surface area contributed by atoms with E-state index in [2.05, 4.69) is 19.2 Å². The van der Waals surface area contributed by atoms with Gasteiger partial charge in [-0.25, -0.2) is 0 Å². The van der Waals surface area contributed by atoms with Crippen LogP contribution in [0.3, 0.4) is 0 Å². The summed E-state index contributed by atoms with van der Waals surface area (Å²) < 4.78 is 11.9. The highest BCUT2D eigenvalue weighted by molar-refractivity contribution is 5.39. The highest BCUT2D eigenvalue weighted by Crippen LogP contribution is 2.27. The molecule has 0 saturated carbocycles. The van der Waals surface area contributed by atoms with Crippen molar-refractivity contribution in [2.75, 3.05) is 46.4 Å². The molecule has 1 aliphatic rings. The van der Waals surface area contributed by atoms with Gasteiger partial charge in [0.15, 0.2) is 11.5 Å². The van der Waals surface area contributed by atoms with Crippen molar-refractivity contribution in [2.24, 2.45) is 0 Å². The summed E-state index contributed by atoms with van der Waals surface area (Å²) in [4.78, 5) is 3.37. The van der Waals surface area contributed by atoms with Gasteiger partial charge in [-0.05, 0) is 17.7 Å². The SMILES string of the molecule is C[NH+]1CC[NH+](CCCOc2ccccc2OCc2ccccc2)CC1. The highest BCUT2D eigenvalue weighted by atomic mass is 16.5. The van der Waals surface area contributed by atoms with E-state index in [-0.39, 0.29) is 0 Å². The molecule has 0 aliphatic carbocycles. The Balaban J connectivity index is 1.43. The number of hydrogen-bond donors (Lipinski definition) is 2. The second-order valence-corrected chi connectivity index (χ2v) is 6.88. The molecule has 2 aromatic rings. The molecule has 0 spiro atoms. The molecule has 3 rings (SSSR count). The number of piperazine rings is 1. The van der Waals surface area contributed by atoms with Crippen molar-refractivity contribution in [3.05, 3.63) is 60.2 Å². The van der Waals surface area contributed by atoms with Gasteiger partial charge in [-0.2, -0.15) is 0 Å². The van der Waals surface area contributed by atoms with Crippen LogP contribution in [0.1, 0.15) is 12.0 Å². The van der Waals surface area contributed by atoms with Crippen LogP contribution < -0.4 is 19.3 Å². The number of ether oxygens (including phenoxy) is 2. The number of likely N-dealkylation sites (N-methyl/N-ethyl adjacent to an activating group) is 1. The van der Waals surface area contributed by atoms with E-state index in [1.54, 1.807) is 9.80 Å². The fourth-order valence-electron chi connectivity index (χ4n) is 3.21. The first-order valence-electron chi connectivity index (χ1n) is 9.34. The van der Waals surface area contributed by atoms with E-state index in [1.807, 2.05) is 42.5 Å². The third-order valence-electron chi connectivity index (χ3n) is 4.83. The Hall–Kier alpha value is -2.04. The van der Waals surface area contributed by atoms with Gasteiger partial charge in [0.1, 0.15) is 32.8 Å². The predicted octanol–water partition coefficient (Wildman–Crippen LogP) is 0.448. The van der Waals surface area contributed by atoms with Gasteiger partial charge in [-0.1, -0.05) is 42.5 Å². The van der Waals surface area contributed by atoms with Crippen molar-refractivity contribution in [3.8, 4) is 11.5 Å². The van der Waals surface area contributed by atoms with E-state index >= 15 is 0 Å². The van der Waals surface area contributed by atoms with Crippen LogP contribution in [0.4, 0.5) is 0 Å². The third-order valence-corrected chi connectivity index (χ3v) is 4.83. The molecule has 1 heterocycles. The van der Waals surface area contributed by atoms with E-state index in [1.165, 1.54) is 32.7 Å². The lowest BCUT2D eigenvalue weighted by atomic mass is 10.2. The fourth-order valence-corrected chi connectivity index (χ4v) is 3.21. The zero-order chi connectivity index (χ0) is 17.3. The van der Waals surface area contributed by atoms with Crippen molar-refractivity contribution < 1.29 is 19.3 Å². The van der Waals surface area contributed by atoms with Gasteiger partial charge >= 0.3 is 0 Å². The first kappa shape index (κ1) is 17.8. The van der Waals surface area contributed by atoms with E-state index in [0.717, 1.165) is 30.1 Å². The second-order valence-electron chi connectivity index (χ2n) is 6.88. The number of benzene rings is 2. The van der Waals surface area contributed by atoms with Crippen LogP contribution in [0.25, 0.3) is 0 Å². The quantitative estimate of drug-likeness (QED) is 0.682. The molecule has 1 aliphatic heterocycles. The van der Waals surface area contributed by atoms with Crippen molar-refractivity contribution in [1.29, 1.82) is 0 Å². The molecular formula is C21H30N2O2+2. The summed E-state index contributed by atoms with van der Waals surface area (Å²) in [6.45, 7) is 7.64. The Morgan fingerprint density at radius 2 is 1.44 bits per heavy atom. The molecule has 0 unspecified atom stereocenters. The molecule has 134 valence electrons. The minimum Gasteiger partial charge on any atom is -0.489 e. The Morgan fingerprint density at radius 3 is 2.16 bits per heavy atom. The van der Waals surface area contributed by atoms with Crippen LogP contribution >= 0.6 is 0 Å². The zero-order valence-corrected chi connectivity index (χ0v) is 15.2. The van der Waals surface area contributed by atoms with Crippen LogP contribution in [0.15, 0.2) is 54.6 Å². The minimum atomic E-state index is 0.564. The number of nitrogens with one attached hydrogen (secondary N) is 2. The smallest absolute Gasteiger partial charge is 0.161 e. The van der Waals surface area contributed by atoms with Crippen LogP contribution in [0, 0.1) is 0 Å². The molecule has 0 aromatic heterocycles. The lowest BCUT2D eigenvalue weighted by Gasteiger charge is -2.27. The normalized spacial score (nSPS) is 20.2. The Bertz CT molecular complexity index is 625. The fraction of sp³-hybridized carbons (Fsp3) is 0.429. The molecule has 1 fully saturated rings. The monoisotopic (exact) mass is 342 g/mol. The summed E-state index contributed by atoms with van der Waals surface area (Å²) >= 11 is 0. The molecule has 4 heteroatoms. The molecule has 0 radical (unpaired) electrons. The van der Waals surface area contributed by atoms with Crippen molar-refractivity contribution in [3.63, 3.8) is 0 Å². The van der Waals surface area contributed by atoms with Crippen molar-refractivity contribution in [2.45, 2.75) is 13.0 Å². The molecular weight excluding hydrogens is 312 g/mol. The summed E-state index contributed by atoms with van der Waals surface area (Å²) in [5.41, 5.74) is 1.16. The van der Waals surface area contributed by atoms with Gasteiger partial charge in [0.2, 0.25) is 0 Å². The molecule has 0 atom stereocenters. The van der Waals surface area contributed by atoms with E-state index in [0.29, 0.717) is 6.61 Å². The predicted molar refractivity (Wildman–Crippen MR) is 99.5 cm³/mol. The van der Waals surface area contributed by atoms with Gasteiger partial charge in [-0.3, -0.25) is 0 Å². The Morgan fingerprint density at radius 1 is 0.800 bits per heavy atom. The molecule has 0 bridgehead atoms. The first-order chi connectivity index (χ1) is 12.3. The average Bonchev–Trinajstić information content (AvgIpc) is 2.66. The van der Waals surface area contributed by atoms with Crippen molar-refractivity contribution in [1.82, 2.24) is 0 Å². The topological polar surface area (TPSA) is 27.3 Å². The zero-order valence-electron chi connectivity index (χ0n) is 15.2. The second kappa shape index (κ2) is 9.44. The number of para-hydroxylation sites is 2. The maximum Gasteiger partial charge on any atom is 0.161 e. The lowest BCUT2D eigenvalue weighted by molar-refractivity contribution is -1.00. The number of quaternary nitrogens is 2. The minimum absolute atomic E-state index is 0.564. The molecule has 0 amide bonds. The number of rotatable bonds is 8. The molecule has 2 aromatic carbocycles. The van der Waals surface area contributed by atoms with E-state index < -0.39 is 0 Å². The van der Waals surface area contributed by atoms with E-state index in [4.69, 9.17) is 9.47 Å². The summed E-state index contributed by atoms with van der Waals surface area (Å²) in [6, 6.07) is 18.2. The standard InChI is InChI=1S/C21H28N2O2/c1-22-13-15-23(16-14-22)12-7-17-24-20-10-5-6-11-21(20)25-18-19-8-3-2-4-9-19/h2-6,8-11H,7,12-18H2,1H3/p+2. The molecule has 1 saturated heterocycles. The van der Waals surface area contributed by atoms with Crippen LogP contribution in [-0.4, -0.2) is 46.4 Å². The summed E-state index contributed by atoms with van der Waals surface area (Å²) in [5.74, 6) is 1.66. The largest absolute Gasteiger partial charge is 0.489 e. The molecule has 4 nitrogen and oxygen atoms in total. The van der Waals surface area contributed by atoms with Gasteiger partial charge in [0.25, 0.3) is 0 Å². The molecule has 2 N–H and O–H groups in total. The highest BCUT2D eigenvalue weighted by Gasteiger charge is 2.19. The van der Waals surface area contributed by atoms with Crippen molar-refractivity contribution >= 4 is 0 Å². The van der Waals surface area contributed by atoms with Crippen LogP contribution in [0.5, 0.6) is 11.5 Å². The number of hydrogen-bond acceptors (Lipinski definition) is 2. The Kier molecular flexibility index (Phi) is 6.71. The maximum absolute atomic E-state index is 5.99. The average molecular weight is 342 g/mol.